The van der Waals surface area contributed by atoms with Gasteiger partial charge in [0.1, 0.15) is 10.6 Å². The molecule has 9 heteroatoms. The molecule has 0 saturated carbocycles. The molecule has 7 nitrogen and oxygen atoms in total. The molecule has 2 N–H and O–H groups in total. The monoisotopic (exact) mass is 441 g/mol. The Kier molecular flexibility index (Phi) is 6.95. The van der Waals surface area contributed by atoms with E-state index in [9.17, 15) is 14.4 Å². The molecule has 0 radical (unpaired) electrons. The maximum absolute atomic E-state index is 12.0. The van der Waals surface area contributed by atoms with Gasteiger partial charge in [0.25, 0.3) is 0 Å². The maximum Gasteiger partial charge on any atom is 0.353 e. The molecule has 0 fully saturated rings. The van der Waals surface area contributed by atoms with E-state index in [0.29, 0.717) is 32.6 Å². The van der Waals surface area contributed by atoms with Crippen LogP contribution in [0, 0.1) is 0 Å². The van der Waals surface area contributed by atoms with Crippen LogP contribution in [0.1, 0.15) is 22.2 Å². The Morgan fingerprint density at radius 2 is 1.70 bits per heavy atom. The van der Waals surface area contributed by atoms with Gasteiger partial charge in [-0.2, -0.15) is 5.10 Å². The zero-order chi connectivity index (χ0) is 21.5. The van der Waals surface area contributed by atoms with Gasteiger partial charge in [0.2, 0.25) is 0 Å². The molecular formula is C21H16ClN3O4S. The minimum atomic E-state index is -0.934. The quantitative estimate of drug-likeness (QED) is 0.205. The smallest absolute Gasteiger partial charge is 0.353 e. The predicted octanol–water partition coefficient (Wildman–Crippen LogP) is 4.10. The molecule has 0 unspecified atom stereocenters. The van der Waals surface area contributed by atoms with Crippen molar-refractivity contribution in [1.82, 2.24) is 5.43 Å². The fraction of sp³-hybridized carbons (Fsp3) is 0.0476. The first-order chi connectivity index (χ1) is 14.4. The highest BCUT2D eigenvalue weighted by Gasteiger charge is 2.15. The SMILES string of the molecule is C/C(=N\NC(=O)C(=O)Nc1ccccc1Cl)c1ccc(OC(=O)c2cccs2)cc1. The zero-order valence-electron chi connectivity index (χ0n) is 15.7. The lowest BCUT2D eigenvalue weighted by Gasteiger charge is -2.07. The van der Waals surface area contributed by atoms with Crippen molar-refractivity contribution in [2.45, 2.75) is 6.92 Å². The lowest BCUT2D eigenvalue weighted by Crippen LogP contribution is -2.33. The molecule has 1 heterocycles. The Morgan fingerprint density at radius 3 is 2.37 bits per heavy atom. The van der Waals surface area contributed by atoms with Crippen LogP contribution in [0.15, 0.2) is 71.1 Å². The number of carbonyl (C=O) groups excluding carboxylic acids is 3. The first-order valence-corrected chi connectivity index (χ1v) is 9.96. The topological polar surface area (TPSA) is 96.9 Å². The normalized spacial score (nSPS) is 10.9. The summed E-state index contributed by atoms with van der Waals surface area (Å²) < 4.78 is 5.29. The van der Waals surface area contributed by atoms with E-state index in [2.05, 4.69) is 15.8 Å². The van der Waals surface area contributed by atoms with E-state index in [0.717, 1.165) is 0 Å². The van der Waals surface area contributed by atoms with Crippen LogP contribution in [0.4, 0.5) is 5.69 Å². The van der Waals surface area contributed by atoms with Crippen LogP contribution in [0.5, 0.6) is 5.75 Å². The summed E-state index contributed by atoms with van der Waals surface area (Å²) in [5.74, 6) is -1.88. The van der Waals surface area contributed by atoms with E-state index in [1.807, 2.05) is 0 Å². The minimum absolute atomic E-state index is 0.318. The van der Waals surface area contributed by atoms with Crippen LogP contribution in [0.2, 0.25) is 5.02 Å². The molecule has 0 aliphatic carbocycles. The number of hydrogen-bond acceptors (Lipinski definition) is 6. The lowest BCUT2D eigenvalue weighted by molar-refractivity contribution is -0.136. The third-order valence-corrected chi connectivity index (χ3v) is 5.04. The molecule has 1 aromatic heterocycles. The van der Waals surface area contributed by atoms with Gasteiger partial charge in [0.15, 0.2) is 0 Å². The van der Waals surface area contributed by atoms with E-state index < -0.39 is 17.8 Å². The molecule has 3 rings (SSSR count). The van der Waals surface area contributed by atoms with E-state index in [4.69, 9.17) is 16.3 Å². The summed E-state index contributed by atoms with van der Waals surface area (Å²) >= 11 is 7.25. The van der Waals surface area contributed by atoms with Gasteiger partial charge in [-0.25, -0.2) is 10.2 Å². The van der Waals surface area contributed by atoms with Crippen molar-refractivity contribution in [1.29, 1.82) is 0 Å². The Bertz CT molecular complexity index is 1100. The van der Waals surface area contributed by atoms with Gasteiger partial charge >= 0.3 is 17.8 Å². The van der Waals surface area contributed by atoms with Crippen LogP contribution < -0.4 is 15.5 Å². The van der Waals surface area contributed by atoms with Gasteiger partial charge in [0, 0.05) is 0 Å². The fourth-order valence-electron chi connectivity index (χ4n) is 2.31. The summed E-state index contributed by atoms with van der Waals surface area (Å²) in [6, 6.07) is 16.6. The minimum Gasteiger partial charge on any atom is -0.422 e. The van der Waals surface area contributed by atoms with Crippen LogP contribution in [-0.4, -0.2) is 23.5 Å². The second-order valence-corrected chi connectivity index (χ2v) is 7.32. The van der Waals surface area contributed by atoms with Gasteiger partial charge in [-0.15, -0.1) is 11.3 Å². The number of amides is 2. The van der Waals surface area contributed by atoms with Crippen LogP contribution in [0.3, 0.4) is 0 Å². The molecule has 0 atom stereocenters. The molecular weight excluding hydrogens is 426 g/mol. The van der Waals surface area contributed by atoms with Crippen molar-refractivity contribution in [2.24, 2.45) is 5.10 Å². The molecule has 152 valence electrons. The zero-order valence-corrected chi connectivity index (χ0v) is 17.3. The van der Waals surface area contributed by atoms with Crippen LogP contribution in [0.25, 0.3) is 0 Å². The largest absolute Gasteiger partial charge is 0.422 e. The van der Waals surface area contributed by atoms with Crippen molar-refractivity contribution in [3.63, 3.8) is 0 Å². The number of nitrogens with one attached hydrogen (secondary N) is 2. The van der Waals surface area contributed by atoms with E-state index in [-0.39, 0.29) is 0 Å². The summed E-state index contributed by atoms with van der Waals surface area (Å²) in [7, 11) is 0. The number of hydrogen-bond donors (Lipinski definition) is 2. The Labute approximate surface area is 181 Å². The van der Waals surface area contributed by atoms with E-state index in [1.54, 1.807) is 73.0 Å². The average molecular weight is 442 g/mol. The second-order valence-electron chi connectivity index (χ2n) is 5.96. The Hall–Kier alpha value is -3.49. The van der Waals surface area contributed by atoms with Gasteiger partial charge in [0.05, 0.1) is 16.4 Å². The highest BCUT2D eigenvalue weighted by atomic mass is 35.5. The number of hydrazone groups is 1. The first-order valence-electron chi connectivity index (χ1n) is 8.70. The number of benzene rings is 2. The number of nitrogens with zero attached hydrogens (tertiary/aromatic N) is 1. The molecule has 0 bridgehead atoms. The van der Waals surface area contributed by atoms with Gasteiger partial charge in [-0.1, -0.05) is 29.8 Å². The highest BCUT2D eigenvalue weighted by molar-refractivity contribution is 7.12. The average Bonchev–Trinajstić information content (AvgIpc) is 3.29. The number of esters is 1. The lowest BCUT2D eigenvalue weighted by atomic mass is 10.1. The summed E-state index contributed by atoms with van der Waals surface area (Å²) in [6.07, 6.45) is 0. The molecule has 30 heavy (non-hydrogen) atoms. The number of anilines is 1. The van der Waals surface area contributed by atoms with Gasteiger partial charge in [-0.05, 0) is 60.3 Å². The number of carbonyl (C=O) groups is 3. The third kappa shape index (κ3) is 5.53. The van der Waals surface area contributed by atoms with Crippen LogP contribution >= 0.6 is 22.9 Å². The predicted molar refractivity (Wildman–Crippen MR) is 116 cm³/mol. The van der Waals surface area contributed by atoms with E-state index in [1.165, 1.54) is 11.3 Å². The van der Waals surface area contributed by atoms with Gasteiger partial charge < -0.3 is 10.1 Å². The highest BCUT2D eigenvalue weighted by Crippen LogP contribution is 2.20. The number of rotatable bonds is 5. The van der Waals surface area contributed by atoms with Crippen molar-refractivity contribution in [3.8, 4) is 5.75 Å². The summed E-state index contributed by atoms with van der Waals surface area (Å²) in [5, 5.41) is 8.45. The molecule has 3 aromatic rings. The van der Waals surface area contributed by atoms with Crippen molar-refractivity contribution in [3.05, 3.63) is 81.5 Å². The van der Waals surface area contributed by atoms with Crippen molar-refractivity contribution in [2.75, 3.05) is 5.32 Å². The van der Waals surface area contributed by atoms with Crippen molar-refractivity contribution < 1.29 is 19.1 Å². The first kappa shape index (κ1) is 21.2. The molecule has 0 aliphatic heterocycles. The van der Waals surface area contributed by atoms with Gasteiger partial charge in [-0.3, -0.25) is 9.59 Å². The fourth-order valence-corrected chi connectivity index (χ4v) is 3.09. The van der Waals surface area contributed by atoms with Crippen LogP contribution in [-0.2, 0) is 9.59 Å². The molecule has 0 saturated heterocycles. The molecule has 0 aliphatic rings. The summed E-state index contributed by atoms with van der Waals surface area (Å²) in [5.41, 5.74) is 3.66. The number of para-hydroxylation sites is 1. The summed E-state index contributed by atoms with van der Waals surface area (Å²) in [4.78, 5) is 36.4. The van der Waals surface area contributed by atoms with Crippen molar-refractivity contribution >= 4 is 52.1 Å². The maximum atomic E-state index is 12.0. The number of halogens is 1. The third-order valence-electron chi connectivity index (χ3n) is 3.86. The Morgan fingerprint density at radius 1 is 0.967 bits per heavy atom. The van der Waals surface area contributed by atoms with E-state index >= 15 is 0 Å². The summed E-state index contributed by atoms with van der Waals surface area (Å²) in [6.45, 7) is 1.67. The number of ether oxygens (including phenoxy) is 1. The Balaban J connectivity index is 1.57. The molecule has 0 spiro atoms. The second kappa shape index (κ2) is 9.82. The number of thiophene rings is 1. The molecule has 2 amide bonds. The molecule has 2 aromatic carbocycles. The standard InChI is InChI=1S/C21H16ClN3O4S/c1-13(24-25-20(27)19(26)23-17-6-3-2-5-16(17)22)14-8-10-15(11-9-14)29-21(28)18-7-4-12-30-18/h2-12H,1H3,(H,23,26)(H,25,27)/b24-13+.